The van der Waals surface area contributed by atoms with Crippen molar-refractivity contribution >= 4 is 17.3 Å². The van der Waals surface area contributed by atoms with E-state index in [0.717, 1.165) is 12.8 Å². The molecule has 0 aliphatic carbocycles. The molecule has 0 aromatic heterocycles. The zero-order chi connectivity index (χ0) is 13.1. The SMILES string of the molecule is COc1cc([N+](=O)[O-])ccc1N1CCCCC1=O. The van der Waals surface area contributed by atoms with Crippen LogP contribution in [0.4, 0.5) is 11.4 Å². The number of hydrogen-bond acceptors (Lipinski definition) is 4. The van der Waals surface area contributed by atoms with Gasteiger partial charge in [0.05, 0.1) is 23.8 Å². The molecule has 1 amide bonds. The van der Waals surface area contributed by atoms with Crippen molar-refractivity contribution in [2.24, 2.45) is 0 Å². The minimum atomic E-state index is -0.482. The molecule has 96 valence electrons. The molecule has 0 unspecified atom stereocenters. The van der Waals surface area contributed by atoms with E-state index in [-0.39, 0.29) is 11.6 Å². The number of nitro benzene ring substituents is 1. The van der Waals surface area contributed by atoms with Gasteiger partial charge in [-0.3, -0.25) is 14.9 Å². The van der Waals surface area contributed by atoms with Crippen LogP contribution in [0.15, 0.2) is 18.2 Å². The number of ether oxygens (including phenoxy) is 1. The van der Waals surface area contributed by atoms with Gasteiger partial charge in [0.2, 0.25) is 5.91 Å². The molecule has 1 aromatic carbocycles. The lowest BCUT2D eigenvalue weighted by Crippen LogP contribution is -2.35. The predicted octanol–water partition coefficient (Wildman–Crippen LogP) is 2.12. The van der Waals surface area contributed by atoms with Crippen molar-refractivity contribution in [3.8, 4) is 5.75 Å². The van der Waals surface area contributed by atoms with E-state index in [9.17, 15) is 14.9 Å². The van der Waals surface area contributed by atoms with E-state index in [2.05, 4.69) is 0 Å². The number of methoxy groups -OCH3 is 1. The molecule has 0 saturated carbocycles. The number of carbonyl (C=O) groups is 1. The van der Waals surface area contributed by atoms with Crippen LogP contribution >= 0.6 is 0 Å². The van der Waals surface area contributed by atoms with Gasteiger partial charge in [-0.2, -0.15) is 0 Å². The predicted molar refractivity (Wildman–Crippen MR) is 65.9 cm³/mol. The Morgan fingerprint density at radius 3 is 2.78 bits per heavy atom. The normalized spacial score (nSPS) is 15.6. The molecule has 1 fully saturated rings. The van der Waals surface area contributed by atoms with Gasteiger partial charge < -0.3 is 9.64 Å². The third kappa shape index (κ3) is 2.27. The standard InChI is InChI=1S/C12H14N2O4/c1-18-11-8-9(14(16)17)5-6-10(11)13-7-3-2-4-12(13)15/h5-6,8H,2-4,7H2,1H3. The highest BCUT2D eigenvalue weighted by atomic mass is 16.6. The first-order valence-electron chi connectivity index (χ1n) is 5.76. The van der Waals surface area contributed by atoms with Crippen LogP contribution in [0.3, 0.4) is 0 Å². The van der Waals surface area contributed by atoms with Crippen molar-refractivity contribution in [1.29, 1.82) is 0 Å². The summed E-state index contributed by atoms with van der Waals surface area (Å²) in [4.78, 5) is 23.7. The maximum atomic E-state index is 11.8. The van der Waals surface area contributed by atoms with E-state index in [1.807, 2.05) is 0 Å². The number of hydrogen-bond donors (Lipinski definition) is 0. The van der Waals surface area contributed by atoms with E-state index in [0.29, 0.717) is 24.4 Å². The second-order valence-electron chi connectivity index (χ2n) is 4.12. The van der Waals surface area contributed by atoms with Gasteiger partial charge >= 0.3 is 0 Å². The van der Waals surface area contributed by atoms with E-state index in [4.69, 9.17) is 4.74 Å². The lowest BCUT2D eigenvalue weighted by molar-refractivity contribution is -0.384. The van der Waals surface area contributed by atoms with Crippen molar-refractivity contribution in [2.45, 2.75) is 19.3 Å². The summed E-state index contributed by atoms with van der Waals surface area (Å²) in [6.07, 6.45) is 2.34. The molecule has 6 heteroatoms. The molecule has 1 aliphatic heterocycles. The van der Waals surface area contributed by atoms with Gasteiger partial charge in [-0.25, -0.2) is 0 Å². The third-order valence-corrected chi connectivity index (χ3v) is 2.99. The molecule has 0 N–H and O–H groups in total. The lowest BCUT2D eigenvalue weighted by Gasteiger charge is -2.27. The summed E-state index contributed by atoms with van der Waals surface area (Å²) < 4.78 is 5.14. The van der Waals surface area contributed by atoms with Crippen LogP contribution in [0.2, 0.25) is 0 Å². The van der Waals surface area contributed by atoms with Crippen LogP contribution in [0.5, 0.6) is 5.75 Å². The third-order valence-electron chi connectivity index (χ3n) is 2.99. The van der Waals surface area contributed by atoms with Crippen LogP contribution in [-0.2, 0) is 4.79 Å². The Labute approximate surface area is 104 Å². The number of carbonyl (C=O) groups excluding carboxylic acids is 1. The molecular weight excluding hydrogens is 236 g/mol. The Morgan fingerprint density at radius 2 is 2.17 bits per heavy atom. The highest BCUT2D eigenvalue weighted by molar-refractivity contribution is 5.95. The number of nitro groups is 1. The quantitative estimate of drug-likeness (QED) is 0.608. The van der Waals surface area contributed by atoms with Crippen LogP contribution < -0.4 is 9.64 Å². The number of rotatable bonds is 3. The second kappa shape index (κ2) is 5.03. The largest absolute Gasteiger partial charge is 0.494 e. The molecule has 18 heavy (non-hydrogen) atoms. The highest BCUT2D eigenvalue weighted by Gasteiger charge is 2.23. The van der Waals surface area contributed by atoms with Gasteiger partial charge in [0, 0.05) is 19.0 Å². The van der Waals surface area contributed by atoms with E-state index < -0.39 is 4.92 Å². The summed E-state index contributed by atoms with van der Waals surface area (Å²) in [5.41, 5.74) is 0.563. The van der Waals surface area contributed by atoms with Crippen LogP contribution in [0.1, 0.15) is 19.3 Å². The van der Waals surface area contributed by atoms with Crippen LogP contribution in [0, 0.1) is 10.1 Å². The number of piperidine rings is 1. The smallest absolute Gasteiger partial charge is 0.273 e. The molecule has 1 aliphatic rings. The fraction of sp³-hybridized carbons (Fsp3) is 0.417. The Kier molecular flexibility index (Phi) is 3.45. The zero-order valence-corrected chi connectivity index (χ0v) is 10.1. The Bertz CT molecular complexity index is 487. The van der Waals surface area contributed by atoms with Crippen molar-refractivity contribution in [2.75, 3.05) is 18.6 Å². The fourth-order valence-electron chi connectivity index (χ4n) is 2.06. The topological polar surface area (TPSA) is 72.7 Å². The number of benzene rings is 1. The first kappa shape index (κ1) is 12.3. The Morgan fingerprint density at radius 1 is 1.39 bits per heavy atom. The van der Waals surface area contributed by atoms with Crippen molar-refractivity contribution in [1.82, 2.24) is 0 Å². The average Bonchev–Trinajstić information content (AvgIpc) is 2.38. The van der Waals surface area contributed by atoms with E-state index in [1.54, 1.807) is 11.0 Å². The summed E-state index contributed by atoms with van der Waals surface area (Å²) in [7, 11) is 1.44. The monoisotopic (exact) mass is 250 g/mol. The van der Waals surface area contributed by atoms with Gasteiger partial charge in [0.15, 0.2) is 0 Å². The van der Waals surface area contributed by atoms with Crippen molar-refractivity contribution in [3.05, 3.63) is 28.3 Å². The molecule has 0 atom stereocenters. The summed E-state index contributed by atoms with van der Waals surface area (Å²) >= 11 is 0. The molecule has 0 spiro atoms. The molecule has 2 rings (SSSR count). The molecule has 1 aromatic rings. The van der Waals surface area contributed by atoms with Gasteiger partial charge in [0.1, 0.15) is 5.75 Å². The summed E-state index contributed by atoms with van der Waals surface area (Å²) in [6.45, 7) is 0.632. The summed E-state index contributed by atoms with van der Waals surface area (Å²) in [5.74, 6) is 0.396. The number of amides is 1. The number of nitrogens with zero attached hydrogens (tertiary/aromatic N) is 2. The average molecular weight is 250 g/mol. The van der Waals surface area contributed by atoms with Crippen LogP contribution in [0.25, 0.3) is 0 Å². The van der Waals surface area contributed by atoms with Crippen LogP contribution in [-0.4, -0.2) is 24.5 Å². The van der Waals surface area contributed by atoms with Crippen molar-refractivity contribution < 1.29 is 14.5 Å². The molecular formula is C12H14N2O4. The molecule has 1 heterocycles. The molecule has 6 nitrogen and oxygen atoms in total. The van der Waals surface area contributed by atoms with E-state index in [1.165, 1.54) is 19.2 Å². The van der Waals surface area contributed by atoms with Gasteiger partial charge in [-0.05, 0) is 18.9 Å². The van der Waals surface area contributed by atoms with Gasteiger partial charge in [-0.1, -0.05) is 0 Å². The first-order chi connectivity index (χ1) is 8.63. The maximum absolute atomic E-state index is 11.8. The number of non-ortho nitro benzene ring substituents is 1. The molecule has 0 radical (unpaired) electrons. The van der Waals surface area contributed by atoms with E-state index >= 15 is 0 Å². The number of anilines is 1. The second-order valence-corrected chi connectivity index (χ2v) is 4.12. The Hall–Kier alpha value is -2.11. The highest BCUT2D eigenvalue weighted by Crippen LogP contribution is 2.33. The lowest BCUT2D eigenvalue weighted by atomic mass is 10.1. The molecule has 0 bridgehead atoms. The Balaban J connectivity index is 2.37. The molecule has 1 saturated heterocycles. The fourth-order valence-corrected chi connectivity index (χ4v) is 2.06. The van der Waals surface area contributed by atoms with Gasteiger partial charge in [-0.15, -0.1) is 0 Å². The zero-order valence-electron chi connectivity index (χ0n) is 10.1. The summed E-state index contributed by atoms with van der Waals surface area (Å²) in [5, 5.41) is 10.7. The maximum Gasteiger partial charge on any atom is 0.273 e. The summed E-state index contributed by atoms with van der Waals surface area (Å²) in [6, 6.07) is 4.30. The van der Waals surface area contributed by atoms with Crippen molar-refractivity contribution in [3.63, 3.8) is 0 Å². The minimum absolute atomic E-state index is 0.0356. The van der Waals surface area contributed by atoms with Gasteiger partial charge in [0.25, 0.3) is 5.69 Å². The minimum Gasteiger partial charge on any atom is -0.494 e. The first-order valence-corrected chi connectivity index (χ1v) is 5.76.